The molecule has 0 aromatic rings. The van der Waals surface area contributed by atoms with E-state index >= 15 is 0 Å². The molecule has 0 aliphatic heterocycles. The minimum atomic E-state index is -6.02. The molecule has 0 heterocycles. The summed E-state index contributed by atoms with van der Waals surface area (Å²) >= 11 is -18.1. The molecule has 0 amide bonds. The number of hydrogen-bond donors (Lipinski definition) is 0. The summed E-state index contributed by atoms with van der Waals surface area (Å²) in [5.41, 5.74) is 0. The Hall–Kier alpha value is 1.31. The number of rotatable bonds is 0. The van der Waals surface area contributed by atoms with Gasteiger partial charge in [0.05, 0.1) is 0 Å². The van der Waals surface area contributed by atoms with Gasteiger partial charge in [0.1, 0.15) is 0 Å². The molecule has 0 fully saturated rings. The van der Waals surface area contributed by atoms with E-state index in [2.05, 4.69) is 0 Å². The predicted octanol–water partition coefficient (Wildman–Crippen LogP) is -7.86. The van der Waals surface area contributed by atoms with Crippen molar-refractivity contribution < 1.29 is 114 Å². The molecule has 16 heavy (non-hydrogen) atoms. The van der Waals surface area contributed by atoms with Crippen LogP contribution in [0.1, 0.15) is 0 Å². The first kappa shape index (κ1) is 26.0. The molecule has 0 saturated carbocycles. The third kappa shape index (κ3) is 1820. The van der Waals surface area contributed by atoms with Crippen LogP contribution in [-0.4, -0.2) is 0 Å². The third-order valence-electron chi connectivity index (χ3n) is 0. The number of hydrogen-bond acceptors (Lipinski definition) is 12. The van der Waals surface area contributed by atoms with Crippen molar-refractivity contribution in [2.75, 3.05) is 0 Å². The van der Waals surface area contributed by atoms with Crippen LogP contribution in [0.4, 0.5) is 0 Å². The summed E-state index contributed by atoms with van der Waals surface area (Å²) < 4.78 is 104. The Labute approximate surface area is 113 Å². The van der Waals surface area contributed by atoms with Gasteiger partial charge in [0.2, 0.25) is 0 Å². The fourth-order valence-corrected chi connectivity index (χ4v) is 0. The third-order valence-corrected chi connectivity index (χ3v) is 0. The van der Waals surface area contributed by atoms with Gasteiger partial charge in [0.25, 0.3) is 0 Å². The Bertz CT molecular complexity index is 334. The van der Waals surface area contributed by atoms with Gasteiger partial charge in [-0.25, -0.2) is 0 Å². The van der Waals surface area contributed by atoms with Gasteiger partial charge in [-0.1, -0.05) is 0 Å². The molecular formula is Mo4O12. The average molecular weight is 576 g/mol. The molecule has 0 N–H and O–H groups in total. The molecule has 96 valence electrons. The summed E-state index contributed by atoms with van der Waals surface area (Å²) in [4.78, 5) is 0. The van der Waals surface area contributed by atoms with Crippen molar-refractivity contribution in [3.8, 4) is 0 Å². The maximum absolute atomic E-state index is 8.63. The van der Waals surface area contributed by atoms with Crippen molar-refractivity contribution >= 4 is 0 Å². The van der Waals surface area contributed by atoms with E-state index in [1.807, 2.05) is 0 Å². The Morgan fingerprint density at radius 2 is 0.438 bits per heavy atom. The molecule has 0 aliphatic carbocycles. The first-order chi connectivity index (χ1) is 6.00. The molecule has 12 nitrogen and oxygen atoms in total. The van der Waals surface area contributed by atoms with Crippen LogP contribution in [0.25, 0.3) is 0 Å². The van der Waals surface area contributed by atoms with Gasteiger partial charge in [0, 0.05) is 0 Å². The van der Waals surface area contributed by atoms with Gasteiger partial charge in [-0.05, 0) is 0 Å². The monoisotopic (exact) mass is 584 g/mol. The average Bonchev–Trinajstić information content (AvgIpc) is 1.41. The van der Waals surface area contributed by atoms with Crippen molar-refractivity contribution in [3.63, 3.8) is 0 Å². The molecule has 0 unspecified atom stereocenters. The van der Waals surface area contributed by atoms with E-state index in [1.54, 1.807) is 0 Å². The second kappa shape index (κ2) is 10.3. The molecule has 16 heteroatoms. The molecular weight excluding hydrogens is 576 g/mol. The van der Waals surface area contributed by atoms with Crippen molar-refractivity contribution in [1.29, 1.82) is 0 Å². The molecule has 0 rings (SSSR count). The standard InChI is InChI=1S/4Mo.12O/q;;;+6;;;;;;;6*-1. The Balaban J connectivity index is -0.0000000655. The van der Waals surface area contributed by atoms with E-state index in [1.165, 1.54) is 0 Å². The molecule has 0 bridgehead atoms. The van der Waals surface area contributed by atoms with Gasteiger partial charge in [-0.3, -0.25) is 0 Å². The van der Waals surface area contributed by atoms with Crippen molar-refractivity contribution in [2.45, 2.75) is 0 Å². The van der Waals surface area contributed by atoms with E-state index in [0.29, 0.717) is 0 Å². The molecule has 0 aromatic carbocycles. The summed E-state index contributed by atoms with van der Waals surface area (Å²) in [6.45, 7) is 0. The fourth-order valence-electron chi connectivity index (χ4n) is 0. The van der Waals surface area contributed by atoms with Crippen LogP contribution in [0.15, 0.2) is 0 Å². The summed E-state index contributed by atoms with van der Waals surface area (Å²) in [7, 11) is 0. The quantitative estimate of drug-likeness (QED) is 0.245. The second-order valence-corrected chi connectivity index (χ2v) is 7.25. The summed E-state index contributed by atoms with van der Waals surface area (Å²) in [5.74, 6) is 0. The predicted molar refractivity (Wildman–Crippen MR) is 4.12 cm³/mol. The van der Waals surface area contributed by atoms with Gasteiger partial charge in [-0.2, -0.15) is 0 Å². The molecule has 0 aromatic heterocycles. The zero-order valence-corrected chi connectivity index (χ0v) is 14.6. The molecule has 0 saturated heterocycles. The summed E-state index contributed by atoms with van der Waals surface area (Å²) in [6, 6.07) is 0. The molecule has 0 atom stereocenters. The normalized spacial score (nSPS) is 10.9. The summed E-state index contributed by atoms with van der Waals surface area (Å²) in [6.07, 6.45) is 0. The molecule has 0 aliphatic rings. The topological polar surface area (TPSA) is 241 Å². The van der Waals surface area contributed by atoms with Gasteiger partial charge in [0.15, 0.2) is 0 Å². The molecule has 0 radical (unpaired) electrons. The van der Waals surface area contributed by atoms with E-state index < -0.39 is 50.2 Å². The Morgan fingerprint density at radius 1 is 0.438 bits per heavy atom. The van der Waals surface area contributed by atoms with Crippen LogP contribution in [-0.2, 0) is 91.7 Å². The van der Waals surface area contributed by atoms with Crippen LogP contribution in [0, 0.1) is 0 Å². The first-order valence-corrected chi connectivity index (χ1v) is 11.8. The van der Waals surface area contributed by atoms with Crippen LogP contribution < -0.4 is 22.6 Å². The Kier molecular flexibility index (Phi) is 16.7. The van der Waals surface area contributed by atoms with Gasteiger partial charge >= 0.3 is 114 Å². The summed E-state index contributed by atoms with van der Waals surface area (Å²) in [5, 5.41) is 0. The SMILES string of the molecule is [Mo+6].[O]=[Mo](=[O])([O-])[O-].[O]=[Mo](=[O])([O-])[O-].[O]=[Mo](=[O])([O-])[O-]. The van der Waals surface area contributed by atoms with Crippen LogP contribution in [0.3, 0.4) is 0 Å². The Morgan fingerprint density at radius 3 is 0.438 bits per heavy atom. The van der Waals surface area contributed by atoms with Crippen molar-refractivity contribution in [3.05, 3.63) is 0 Å². The van der Waals surface area contributed by atoms with E-state index in [-0.39, 0.29) is 21.1 Å². The van der Waals surface area contributed by atoms with Crippen molar-refractivity contribution in [2.24, 2.45) is 0 Å². The van der Waals surface area contributed by atoms with Crippen LogP contribution >= 0.6 is 0 Å². The van der Waals surface area contributed by atoms with E-state index in [4.69, 9.17) is 42.9 Å². The minimum absolute atomic E-state index is 0. The zero-order chi connectivity index (χ0) is 13.5. The van der Waals surface area contributed by atoms with Crippen LogP contribution in [0.2, 0.25) is 0 Å². The van der Waals surface area contributed by atoms with E-state index in [9.17, 15) is 0 Å². The van der Waals surface area contributed by atoms with E-state index in [0.717, 1.165) is 0 Å². The fraction of sp³-hybridized carbons (Fsp3) is 0. The second-order valence-electron chi connectivity index (χ2n) is 1.22. The zero-order valence-electron chi connectivity index (χ0n) is 6.53. The van der Waals surface area contributed by atoms with Gasteiger partial charge in [-0.15, -0.1) is 0 Å². The molecule has 0 spiro atoms. The van der Waals surface area contributed by atoms with Crippen molar-refractivity contribution in [1.82, 2.24) is 0 Å². The first-order valence-electron chi connectivity index (χ1n) is 2.00. The van der Waals surface area contributed by atoms with Gasteiger partial charge < -0.3 is 0 Å². The van der Waals surface area contributed by atoms with Crippen LogP contribution in [0.5, 0.6) is 0 Å². The maximum atomic E-state index is 8.63.